The average molecular weight is 198 g/mol. The van der Waals surface area contributed by atoms with Gasteiger partial charge in [0.2, 0.25) is 0 Å². The molecule has 1 aliphatic carbocycles. The molecule has 2 atom stereocenters. The molecule has 0 radical (unpaired) electrons. The quantitative estimate of drug-likeness (QED) is 0.594. The van der Waals surface area contributed by atoms with Crippen molar-refractivity contribution >= 4 is 17.1 Å². The molecule has 1 saturated carbocycles. The summed E-state index contributed by atoms with van der Waals surface area (Å²) in [5, 5.41) is 0. The van der Waals surface area contributed by atoms with E-state index in [4.69, 9.17) is 12.2 Å². The molecule has 0 aromatic carbocycles. The van der Waals surface area contributed by atoms with Gasteiger partial charge in [0, 0.05) is 0 Å². The highest BCUT2D eigenvalue weighted by atomic mass is 32.1. The summed E-state index contributed by atoms with van der Waals surface area (Å²) in [5.74, 6) is 1.56. The molecule has 0 bridgehead atoms. The van der Waals surface area contributed by atoms with Crippen LogP contribution in [0.25, 0.3) is 0 Å². The molecule has 2 unspecified atom stereocenters. The van der Waals surface area contributed by atoms with E-state index in [1.54, 1.807) is 0 Å². The summed E-state index contributed by atoms with van der Waals surface area (Å²) in [6, 6.07) is 0. The first-order valence-electron chi connectivity index (χ1n) is 5.78. The lowest BCUT2D eigenvalue weighted by Crippen LogP contribution is -2.21. The summed E-state index contributed by atoms with van der Waals surface area (Å²) >= 11 is 5.52. The van der Waals surface area contributed by atoms with E-state index >= 15 is 0 Å². The van der Waals surface area contributed by atoms with Crippen LogP contribution < -0.4 is 0 Å². The number of rotatable bonds is 2. The Balaban J connectivity index is 2.51. The minimum absolute atomic E-state index is 0.750. The van der Waals surface area contributed by atoms with Crippen LogP contribution in [-0.2, 0) is 0 Å². The molecule has 0 heterocycles. The van der Waals surface area contributed by atoms with E-state index in [0.717, 1.165) is 11.8 Å². The van der Waals surface area contributed by atoms with E-state index in [2.05, 4.69) is 13.8 Å². The lowest BCUT2D eigenvalue weighted by Gasteiger charge is -2.25. The van der Waals surface area contributed by atoms with Crippen LogP contribution in [-0.4, -0.2) is 4.86 Å². The molecule has 0 aromatic heterocycles. The summed E-state index contributed by atoms with van der Waals surface area (Å²) in [6.07, 6.45) is 9.41. The van der Waals surface area contributed by atoms with E-state index < -0.39 is 0 Å². The van der Waals surface area contributed by atoms with Crippen molar-refractivity contribution in [2.24, 2.45) is 11.8 Å². The summed E-state index contributed by atoms with van der Waals surface area (Å²) in [5.41, 5.74) is 0. The van der Waals surface area contributed by atoms with Crippen molar-refractivity contribution in [3.05, 3.63) is 0 Å². The minimum Gasteiger partial charge on any atom is -0.0894 e. The van der Waals surface area contributed by atoms with Gasteiger partial charge in [0.1, 0.15) is 0 Å². The second-order valence-corrected chi connectivity index (χ2v) is 4.94. The third-order valence-electron chi connectivity index (χ3n) is 3.43. The van der Waals surface area contributed by atoms with Crippen LogP contribution in [0.3, 0.4) is 0 Å². The molecule has 0 nitrogen and oxygen atoms in total. The topological polar surface area (TPSA) is 0 Å². The maximum atomic E-state index is 5.52. The van der Waals surface area contributed by atoms with E-state index in [1.807, 2.05) is 0 Å². The molecule has 0 saturated heterocycles. The van der Waals surface area contributed by atoms with Gasteiger partial charge in [0.05, 0.1) is 0 Å². The number of hydrogen-bond acceptors (Lipinski definition) is 1. The van der Waals surface area contributed by atoms with Gasteiger partial charge in [-0.15, -0.1) is 0 Å². The van der Waals surface area contributed by atoms with Gasteiger partial charge in [0.25, 0.3) is 0 Å². The van der Waals surface area contributed by atoms with E-state index in [0.29, 0.717) is 0 Å². The molecule has 0 aliphatic heterocycles. The van der Waals surface area contributed by atoms with E-state index in [-0.39, 0.29) is 0 Å². The molecule has 1 fully saturated rings. The number of thiocarbonyl (C=S) groups is 1. The molecule has 1 rings (SSSR count). The Morgan fingerprint density at radius 2 is 2.00 bits per heavy atom. The van der Waals surface area contributed by atoms with Gasteiger partial charge in [0.15, 0.2) is 0 Å². The van der Waals surface area contributed by atoms with Gasteiger partial charge >= 0.3 is 0 Å². The minimum atomic E-state index is 0.750. The zero-order valence-electron chi connectivity index (χ0n) is 9.01. The zero-order valence-corrected chi connectivity index (χ0v) is 9.83. The van der Waals surface area contributed by atoms with Gasteiger partial charge in [-0.25, -0.2) is 0 Å². The average Bonchev–Trinajstić information content (AvgIpc) is 2.11. The fourth-order valence-electron chi connectivity index (χ4n) is 2.25. The Morgan fingerprint density at radius 1 is 1.31 bits per heavy atom. The fraction of sp³-hybridized carbons (Fsp3) is 0.917. The third-order valence-corrected chi connectivity index (χ3v) is 3.94. The highest BCUT2D eigenvalue weighted by molar-refractivity contribution is 7.80. The largest absolute Gasteiger partial charge is 0.0894 e. The smallest absolute Gasteiger partial charge is 0.00379 e. The Kier molecular flexibility index (Phi) is 4.93. The molecule has 0 spiro atoms. The zero-order chi connectivity index (χ0) is 9.68. The lowest BCUT2D eigenvalue weighted by atomic mass is 9.81. The van der Waals surface area contributed by atoms with Crippen molar-refractivity contribution in [1.82, 2.24) is 0 Å². The third kappa shape index (κ3) is 3.38. The molecule has 0 amide bonds. The van der Waals surface area contributed by atoms with Gasteiger partial charge in [-0.1, -0.05) is 51.7 Å². The predicted molar refractivity (Wildman–Crippen MR) is 63.2 cm³/mol. The van der Waals surface area contributed by atoms with Gasteiger partial charge < -0.3 is 0 Å². The summed E-state index contributed by atoms with van der Waals surface area (Å²) in [4.78, 5) is 1.37. The van der Waals surface area contributed by atoms with Crippen LogP contribution in [0.2, 0.25) is 0 Å². The first kappa shape index (κ1) is 11.2. The molecule has 13 heavy (non-hydrogen) atoms. The van der Waals surface area contributed by atoms with Crippen LogP contribution in [0.4, 0.5) is 0 Å². The Hall–Kier alpha value is 0.0900. The SMILES string of the molecule is CCC(C)C1CCCCCCC1=S. The first-order chi connectivity index (χ1) is 6.25. The van der Waals surface area contributed by atoms with Crippen molar-refractivity contribution < 1.29 is 0 Å². The van der Waals surface area contributed by atoms with E-state index in [9.17, 15) is 0 Å². The molecular formula is C12H22S. The van der Waals surface area contributed by atoms with Crippen LogP contribution in [0, 0.1) is 11.8 Å². The maximum Gasteiger partial charge on any atom is -0.00379 e. The van der Waals surface area contributed by atoms with Crippen molar-refractivity contribution in [1.29, 1.82) is 0 Å². The Labute approximate surface area is 88.1 Å². The molecule has 0 N–H and O–H groups in total. The van der Waals surface area contributed by atoms with E-state index in [1.165, 1.54) is 49.8 Å². The van der Waals surface area contributed by atoms with Crippen LogP contribution in [0.15, 0.2) is 0 Å². The standard InChI is InChI=1S/C12H22S/c1-3-10(2)11-8-6-4-5-7-9-12(11)13/h10-11H,3-9H2,1-2H3. The number of hydrogen-bond donors (Lipinski definition) is 0. The van der Waals surface area contributed by atoms with Crippen molar-refractivity contribution in [3.8, 4) is 0 Å². The van der Waals surface area contributed by atoms with Crippen LogP contribution >= 0.6 is 12.2 Å². The summed E-state index contributed by atoms with van der Waals surface area (Å²) in [7, 11) is 0. The summed E-state index contributed by atoms with van der Waals surface area (Å²) < 4.78 is 0. The Bertz CT molecular complexity index is 163. The lowest BCUT2D eigenvalue weighted by molar-refractivity contribution is 0.390. The summed E-state index contributed by atoms with van der Waals surface area (Å²) in [6.45, 7) is 4.64. The normalized spacial score (nSPS) is 27.8. The molecule has 1 aliphatic rings. The second-order valence-electron chi connectivity index (χ2n) is 4.41. The van der Waals surface area contributed by atoms with Crippen molar-refractivity contribution in [2.75, 3.05) is 0 Å². The maximum absolute atomic E-state index is 5.52. The molecular weight excluding hydrogens is 176 g/mol. The highest BCUT2D eigenvalue weighted by Crippen LogP contribution is 2.28. The first-order valence-corrected chi connectivity index (χ1v) is 6.19. The monoisotopic (exact) mass is 198 g/mol. The molecule has 76 valence electrons. The van der Waals surface area contributed by atoms with Crippen LogP contribution in [0.1, 0.15) is 58.8 Å². The van der Waals surface area contributed by atoms with Crippen LogP contribution in [0.5, 0.6) is 0 Å². The van der Waals surface area contributed by atoms with Gasteiger partial charge in [-0.05, 0) is 36.0 Å². The second kappa shape index (κ2) is 5.74. The fourth-order valence-corrected chi connectivity index (χ4v) is 2.74. The molecule has 0 aromatic rings. The van der Waals surface area contributed by atoms with Crippen molar-refractivity contribution in [3.63, 3.8) is 0 Å². The highest BCUT2D eigenvalue weighted by Gasteiger charge is 2.20. The van der Waals surface area contributed by atoms with Gasteiger partial charge in [-0.3, -0.25) is 0 Å². The molecule has 1 heteroatoms. The van der Waals surface area contributed by atoms with Crippen molar-refractivity contribution in [2.45, 2.75) is 58.8 Å². The Morgan fingerprint density at radius 3 is 2.69 bits per heavy atom. The van der Waals surface area contributed by atoms with Gasteiger partial charge in [-0.2, -0.15) is 0 Å². The predicted octanol–water partition coefficient (Wildman–Crippen LogP) is 4.37.